The monoisotopic (exact) mass is 574 g/mol. The summed E-state index contributed by atoms with van der Waals surface area (Å²) >= 11 is 7.57. The van der Waals surface area contributed by atoms with E-state index in [2.05, 4.69) is 16.5 Å². The van der Waals surface area contributed by atoms with Gasteiger partial charge in [-0.15, -0.1) is 11.8 Å². The molecule has 0 bridgehead atoms. The quantitative estimate of drug-likeness (QED) is 0.308. The molecular weight excluding hydrogens is 546 g/mol. The van der Waals surface area contributed by atoms with Crippen LogP contribution in [0.4, 0.5) is 14.6 Å². The van der Waals surface area contributed by atoms with Crippen molar-refractivity contribution in [2.24, 2.45) is 0 Å². The molecule has 1 aromatic heterocycles. The molecule has 1 fully saturated rings. The maximum Gasteiger partial charge on any atom is 0.350 e. The van der Waals surface area contributed by atoms with Gasteiger partial charge in [-0.1, -0.05) is 18.2 Å². The van der Waals surface area contributed by atoms with Crippen LogP contribution in [0.2, 0.25) is 5.02 Å². The molecule has 0 spiro atoms. The second kappa shape index (κ2) is 10.6. The van der Waals surface area contributed by atoms with E-state index in [1.165, 1.54) is 23.9 Å². The van der Waals surface area contributed by atoms with Gasteiger partial charge >= 0.3 is 5.69 Å². The van der Waals surface area contributed by atoms with Crippen molar-refractivity contribution >= 4 is 46.0 Å². The van der Waals surface area contributed by atoms with Gasteiger partial charge in [-0.3, -0.25) is 9.36 Å². The third-order valence-electron chi connectivity index (χ3n) is 7.48. The Labute approximate surface area is 234 Å². The van der Waals surface area contributed by atoms with Crippen molar-refractivity contribution in [2.45, 2.75) is 43.8 Å². The van der Waals surface area contributed by atoms with Crippen LogP contribution < -0.4 is 10.6 Å². The lowest BCUT2D eigenvalue weighted by Crippen LogP contribution is -2.58. The molecule has 1 amide bonds. The molecule has 11 heteroatoms. The number of methoxy groups -OCH3 is 1. The molecule has 0 unspecified atom stereocenters. The lowest BCUT2D eigenvalue weighted by Gasteiger charge is -2.45. The van der Waals surface area contributed by atoms with Crippen LogP contribution in [0.5, 0.6) is 0 Å². The van der Waals surface area contributed by atoms with Crippen LogP contribution in [0, 0.1) is 18.6 Å². The molecule has 0 N–H and O–H groups in total. The first-order valence-electron chi connectivity index (χ1n) is 12.6. The van der Waals surface area contributed by atoms with E-state index in [9.17, 15) is 14.0 Å². The van der Waals surface area contributed by atoms with Gasteiger partial charge in [0.05, 0.1) is 23.2 Å². The van der Waals surface area contributed by atoms with E-state index in [4.69, 9.17) is 16.3 Å². The van der Waals surface area contributed by atoms with E-state index < -0.39 is 17.3 Å². The van der Waals surface area contributed by atoms with E-state index in [1.54, 1.807) is 16.6 Å². The lowest BCUT2D eigenvalue weighted by molar-refractivity contribution is -0.128. The Bertz CT molecular complexity index is 1560. The number of amides is 1. The number of halogens is 3. The fourth-order valence-electron chi connectivity index (χ4n) is 5.65. The second-order valence-electron chi connectivity index (χ2n) is 10.1. The molecule has 5 rings (SSSR count). The minimum absolute atomic E-state index is 0.127. The molecule has 1 saturated heterocycles. The van der Waals surface area contributed by atoms with Gasteiger partial charge < -0.3 is 14.5 Å². The maximum absolute atomic E-state index is 15.1. The molecule has 3 heterocycles. The Morgan fingerprint density at radius 1 is 1.23 bits per heavy atom. The predicted octanol–water partition coefficient (Wildman–Crippen LogP) is 5.21. The summed E-state index contributed by atoms with van der Waals surface area (Å²) in [5, 5.41) is 0.564. The number of ether oxygens (including phenoxy) is 1. The highest BCUT2D eigenvalue weighted by Crippen LogP contribution is 2.47. The summed E-state index contributed by atoms with van der Waals surface area (Å²) in [7, 11) is 1.58. The fourth-order valence-corrected chi connectivity index (χ4v) is 7.18. The molecule has 206 valence electrons. The summed E-state index contributed by atoms with van der Waals surface area (Å²) in [6.07, 6.45) is 1.31. The van der Waals surface area contributed by atoms with Crippen molar-refractivity contribution in [3.05, 3.63) is 63.6 Å². The topological polar surface area (TPSA) is 67.7 Å². The van der Waals surface area contributed by atoms with Crippen LogP contribution in [0.3, 0.4) is 0 Å². The molecule has 2 aliphatic rings. The summed E-state index contributed by atoms with van der Waals surface area (Å²) in [5.41, 5.74) is 1.68. The zero-order valence-electron chi connectivity index (χ0n) is 22.1. The third kappa shape index (κ3) is 4.62. The highest BCUT2D eigenvalue weighted by molar-refractivity contribution is 7.99. The normalized spacial score (nSPS) is 20.9. The number of rotatable bonds is 5. The Hall–Kier alpha value is -2.95. The molecule has 2 aliphatic heterocycles. The fraction of sp³-hybridized carbons (Fsp3) is 0.393. The number of hydrogen-bond acceptors (Lipinski definition) is 6. The molecule has 39 heavy (non-hydrogen) atoms. The Kier molecular flexibility index (Phi) is 7.47. The number of nitrogens with zero attached hydrogens (tertiary/aromatic N) is 4. The van der Waals surface area contributed by atoms with Gasteiger partial charge in [0.2, 0.25) is 5.91 Å². The highest BCUT2D eigenvalue weighted by Gasteiger charge is 2.35. The summed E-state index contributed by atoms with van der Waals surface area (Å²) < 4.78 is 36.2. The van der Waals surface area contributed by atoms with Gasteiger partial charge in [0, 0.05) is 65.5 Å². The number of piperazine rings is 1. The van der Waals surface area contributed by atoms with Crippen LogP contribution in [0.25, 0.3) is 22.0 Å². The number of benzene rings is 2. The van der Waals surface area contributed by atoms with Gasteiger partial charge in [-0.05, 0) is 44.5 Å². The van der Waals surface area contributed by atoms with E-state index >= 15 is 4.39 Å². The first-order valence-corrected chi connectivity index (χ1v) is 14.0. The second-order valence-corrected chi connectivity index (χ2v) is 11.5. The summed E-state index contributed by atoms with van der Waals surface area (Å²) in [4.78, 5) is 35.1. The minimum Gasteiger partial charge on any atom is -0.383 e. The van der Waals surface area contributed by atoms with E-state index in [-0.39, 0.29) is 34.6 Å². The summed E-state index contributed by atoms with van der Waals surface area (Å²) in [5.74, 6) is -0.677. The molecule has 2 aromatic carbocycles. The average Bonchev–Trinajstić information content (AvgIpc) is 2.90. The number of thioether (sulfide) groups is 1. The van der Waals surface area contributed by atoms with Gasteiger partial charge in [0.1, 0.15) is 17.5 Å². The number of carbonyl (C=O) groups excluding carboxylic acids is 1. The van der Waals surface area contributed by atoms with E-state index in [1.807, 2.05) is 26.8 Å². The van der Waals surface area contributed by atoms with Crippen molar-refractivity contribution in [2.75, 3.05) is 37.5 Å². The van der Waals surface area contributed by atoms with Gasteiger partial charge in [-0.2, -0.15) is 4.98 Å². The smallest absolute Gasteiger partial charge is 0.350 e. The highest BCUT2D eigenvalue weighted by atomic mass is 35.5. The zero-order valence-corrected chi connectivity index (χ0v) is 23.7. The van der Waals surface area contributed by atoms with Crippen molar-refractivity contribution in [1.82, 2.24) is 14.5 Å². The van der Waals surface area contributed by atoms with Crippen molar-refractivity contribution in [1.29, 1.82) is 0 Å². The number of hydrogen-bond donors (Lipinski definition) is 0. The Morgan fingerprint density at radius 2 is 1.97 bits per heavy atom. The van der Waals surface area contributed by atoms with Crippen molar-refractivity contribution in [3.63, 3.8) is 0 Å². The molecule has 3 atom stereocenters. The molecule has 0 aliphatic carbocycles. The Balaban J connectivity index is 1.77. The standard InChI is InChI=1S/C28H29ClF2N4O3S/c1-6-23(36)33-10-16(4)34(11-15(33)3)27-19-7-14(2)24(18-8-20(29)22(31)9-21(18)30)26-25(19)35(28(37)32-27)17(12-38-5)13-39-26/h6-9,15-17H,1,10-13H2,2-5H3/t15-,16+,17+/m1/s1. The maximum atomic E-state index is 15.1. The molecule has 0 radical (unpaired) electrons. The largest absolute Gasteiger partial charge is 0.383 e. The molecule has 3 aromatic rings. The van der Waals surface area contributed by atoms with Gasteiger partial charge in [0.15, 0.2) is 0 Å². The van der Waals surface area contributed by atoms with Gasteiger partial charge in [-0.25, -0.2) is 13.6 Å². The SMILES string of the molecule is C=CC(=O)N1C[C@H](C)N(c2nc(=O)n3c4c(c(-c5cc(Cl)c(F)cc5F)c(C)cc24)SC[C@@H]3COC)C[C@H]1C. The average molecular weight is 575 g/mol. The van der Waals surface area contributed by atoms with E-state index in [0.29, 0.717) is 47.2 Å². The number of anilines is 1. The first kappa shape index (κ1) is 27.6. The van der Waals surface area contributed by atoms with Gasteiger partial charge in [0.25, 0.3) is 0 Å². The third-order valence-corrected chi connectivity index (χ3v) is 9.01. The molecule has 0 saturated carbocycles. The number of aryl methyl sites for hydroxylation is 1. The minimum atomic E-state index is -0.835. The van der Waals surface area contributed by atoms with Crippen LogP contribution in [-0.4, -0.2) is 65.0 Å². The lowest BCUT2D eigenvalue weighted by atomic mass is 9.96. The molecular formula is C28H29ClF2N4O3S. The van der Waals surface area contributed by atoms with E-state index in [0.717, 1.165) is 17.0 Å². The van der Waals surface area contributed by atoms with Crippen LogP contribution in [0.1, 0.15) is 25.5 Å². The zero-order chi connectivity index (χ0) is 28.2. The van der Waals surface area contributed by atoms with Crippen molar-refractivity contribution in [3.8, 4) is 11.1 Å². The first-order chi connectivity index (χ1) is 18.6. The number of aromatic nitrogens is 2. The summed E-state index contributed by atoms with van der Waals surface area (Å²) in [6, 6.07) is 3.44. The van der Waals surface area contributed by atoms with Crippen molar-refractivity contribution < 1.29 is 18.3 Å². The number of carbonyl (C=O) groups is 1. The van der Waals surface area contributed by atoms with Crippen LogP contribution in [0.15, 0.2) is 40.5 Å². The Morgan fingerprint density at radius 3 is 2.67 bits per heavy atom. The van der Waals surface area contributed by atoms with Crippen LogP contribution >= 0.6 is 23.4 Å². The summed E-state index contributed by atoms with van der Waals surface area (Å²) in [6.45, 7) is 10.6. The molecule has 7 nitrogen and oxygen atoms in total. The predicted molar refractivity (Wildman–Crippen MR) is 151 cm³/mol. The van der Waals surface area contributed by atoms with Crippen LogP contribution in [-0.2, 0) is 9.53 Å².